The van der Waals surface area contributed by atoms with E-state index in [9.17, 15) is 19.5 Å². The summed E-state index contributed by atoms with van der Waals surface area (Å²) in [5.74, 6) is -1.86. The van der Waals surface area contributed by atoms with Gasteiger partial charge in [0.1, 0.15) is 11.3 Å². The van der Waals surface area contributed by atoms with Gasteiger partial charge in [-0.05, 0) is 23.9 Å². The minimum Gasteiger partial charge on any atom is -0.506 e. The number of esters is 1. The molecule has 0 aliphatic rings. The van der Waals surface area contributed by atoms with Crippen LogP contribution in [0.15, 0.2) is 66.7 Å². The number of nitrogens with one attached hydrogen (secondary N) is 2. The maximum Gasteiger partial charge on any atom is 0.342 e. The summed E-state index contributed by atoms with van der Waals surface area (Å²) in [5.41, 5.74) is 0.818. The van der Waals surface area contributed by atoms with Crippen LogP contribution in [0, 0.1) is 0 Å². The van der Waals surface area contributed by atoms with Gasteiger partial charge in [-0.1, -0.05) is 60.7 Å². The molecule has 0 fully saturated rings. The Balaban J connectivity index is 1.57. The summed E-state index contributed by atoms with van der Waals surface area (Å²) in [4.78, 5) is 36.3. The number of amides is 3. The monoisotopic (exact) mass is 392 g/mol. The Morgan fingerprint density at radius 1 is 0.966 bits per heavy atom. The van der Waals surface area contributed by atoms with Crippen molar-refractivity contribution in [3.8, 4) is 5.75 Å². The molecule has 0 saturated carbocycles. The van der Waals surface area contributed by atoms with Gasteiger partial charge in [-0.15, -0.1) is 0 Å². The number of hydrogen-bond acceptors (Lipinski definition) is 5. The van der Waals surface area contributed by atoms with E-state index in [0.29, 0.717) is 5.39 Å². The number of hydrogen-bond donors (Lipinski definition) is 3. The summed E-state index contributed by atoms with van der Waals surface area (Å²) in [6, 6.07) is 18.6. The number of aromatic hydroxyl groups is 1. The fourth-order valence-electron chi connectivity index (χ4n) is 2.73. The number of rotatable bonds is 5. The van der Waals surface area contributed by atoms with Gasteiger partial charge in [0, 0.05) is 11.9 Å². The van der Waals surface area contributed by atoms with Crippen LogP contribution in [-0.2, 0) is 16.1 Å². The molecule has 0 radical (unpaired) electrons. The zero-order valence-corrected chi connectivity index (χ0v) is 15.7. The number of carbonyl (C=O) groups excluding carboxylic acids is 3. The molecule has 3 N–H and O–H groups in total. The Kier molecular flexibility index (Phi) is 6.09. The molecule has 0 bridgehead atoms. The predicted octanol–water partition coefficient (Wildman–Crippen LogP) is 3.12. The van der Waals surface area contributed by atoms with Gasteiger partial charge in [-0.3, -0.25) is 10.1 Å². The van der Waals surface area contributed by atoms with Gasteiger partial charge in [-0.2, -0.15) is 0 Å². The smallest absolute Gasteiger partial charge is 0.342 e. The third kappa shape index (κ3) is 4.90. The zero-order chi connectivity index (χ0) is 20.8. The number of phenolic OH excluding ortho intramolecular Hbond substituents is 1. The third-order valence-electron chi connectivity index (χ3n) is 4.31. The van der Waals surface area contributed by atoms with Crippen LogP contribution in [0.1, 0.15) is 22.8 Å². The van der Waals surface area contributed by atoms with Gasteiger partial charge in [0.2, 0.25) is 0 Å². The van der Waals surface area contributed by atoms with Crippen LogP contribution in [0.25, 0.3) is 10.8 Å². The highest BCUT2D eigenvalue weighted by Gasteiger charge is 2.23. The molecule has 0 aliphatic heterocycles. The standard InChI is InChI=1S/C22H20N2O5/c1-14(20(26)24-22(28)23-13-15-7-3-2-4-8-15)29-21(27)18-12-11-16-9-5-6-10-17(16)19(18)25/h2-12,14,25H,13H2,1H3,(H2,23,24,26,28)/t14-/m1/s1. The molecule has 0 saturated heterocycles. The van der Waals surface area contributed by atoms with Gasteiger partial charge in [0.15, 0.2) is 6.10 Å². The number of benzene rings is 3. The number of fused-ring (bicyclic) bond motifs is 1. The molecule has 0 spiro atoms. The number of ether oxygens (including phenoxy) is 1. The second kappa shape index (κ2) is 8.88. The van der Waals surface area contributed by atoms with Crippen LogP contribution in [0.5, 0.6) is 5.75 Å². The maximum atomic E-state index is 12.4. The lowest BCUT2D eigenvalue weighted by Gasteiger charge is -2.14. The molecule has 148 valence electrons. The molecule has 3 aromatic rings. The van der Waals surface area contributed by atoms with Crippen LogP contribution in [0.2, 0.25) is 0 Å². The van der Waals surface area contributed by atoms with E-state index in [-0.39, 0.29) is 17.9 Å². The van der Waals surface area contributed by atoms with Crippen LogP contribution in [-0.4, -0.2) is 29.1 Å². The van der Waals surface area contributed by atoms with Gasteiger partial charge in [0.25, 0.3) is 5.91 Å². The van der Waals surface area contributed by atoms with Crippen molar-refractivity contribution in [1.29, 1.82) is 0 Å². The van der Waals surface area contributed by atoms with Gasteiger partial charge < -0.3 is 15.2 Å². The summed E-state index contributed by atoms with van der Waals surface area (Å²) in [6.45, 7) is 1.59. The van der Waals surface area contributed by atoms with Crippen LogP contribution >= 0.6 is 0 Å². The van der Waals surface area contributed by atoms with Gasteiger partial charge in [0.05, 0.1) is 0 Å². The van der Waals surface area contributed by atoms with Crippen molar-refractivity contribution in [3.05, 3.63) is 77.9 Å². The Hall–Kier alpha value is -3.87. The average molecular weight is 392 g/mol. The molecule has 3 aromatic carbocycles. The van der Waals surface area contributed by atoms with Crippen molar-refractivity contribution in [2.45, 2.75) is 19.6 Å². The highest BCUT2D eigenvalue weighted by atomic mass is 16.5. The molecule has 1 atom stereocenters. The average Bonchev–Trinajstić information content (AvgIpc) is 2.73. The Morgan fingerprint density at radius 3 is 2.41 bits per heavy atom. The van der Waals surface area contributed by atoms with Crippen molar-refractivity contribution in [1.82, 2.24) is 10.6 Å². The molecule has 0 aliphatic carbocycles. The molecule has 7 nitrogen and oxygen atoms in total. The Morgan fingerprint density at radius 2 is 1.66 bits per heavy atom. The molecule has 3 amide bonds. The summed E-state index contributed by atoms with van der Waals surface area (Å²) < 4.78 is 5.10. The lowest BCUT2D eigenvalue weighted by molar-refractivity contribution is -0.127. The second-order valence-electron chi connectivity index (χ2n) is 6.39. The molecule has 29 heavy (non-hydrogen) atoms. The minimum absolute atomic E-state index is 0.0584. The van der Waals surface area contributed by atoms with E-state index in [0.717, 1.165) is 10.9 Å². The van der Waals surface area contributed by atoms with Crippen molar-refractivity contribution >= 4 is 28.7 Å². The molecule has 3 rings (SSSR count). The first-order chi connectivity index (χ1) is 14.0. The van der Waals surface area contributed by atoms with Crippen molar-refractivity contribution < 1.29 is 24.2 Å². The fourth-order valence-corrected chi connectivity index (χ4v) is 2.73. The lowest BCUT2D eigenvalue weighted by Crippen LogP contribution is -2.44. The van der Waals surface area contributed by atoms with E-state index in [2.05, 4.69) is 10.6 Å². The number of imide groups is 1. The SMILES string of the molecule is C[C@@H](OC(=O)c1ccc2ccccc2c1O)C(=O)NC(=O)NCc1ccccc1. The van der Waals surface area contributed by atoms with Crippen LogP contribution in [0.4, 0.5) is 4.79 Å². The molecular weight excluding hydrogens is 372 g/mol. The molecular formula is C22H20N2O5. The Bertz CT molecular complexity index is 1050. The van der Waals surface area contributed by atoms with E-state index in [1.165, 1.54) is 13.0 Å². The normalized spacial score (nSPS) is 11.5. The summed E-state index contributed by atoms with van der Waals surface area (Å²) in [6.07, 6.45) is -1.23. The Labute approximate surface area is 167 Å². The highest BCUT2D eigenvalue weighted by molar-refractivity contribution is 6.03. The lowest BCUT2D eigenvalue weighted by atomic mass is 10.1. The quantitative estimate of drug-likeness (QED) is 0.579. The first-order valence-corrected chi connectivity index (χ1v) is 9.00. The summed E-state index contributed by atoms with van der Waals surface area (Å²) in [7, 11) is 0. The highest BCUT2D eigenvalue weighted by Crippen LogP contribution is 2.29. The molecule has 0 heterocycles. The predicted molar refractivity (Wildman–Crippen MR) is 107 cm³/mol. The van der Waals surface area contributed by atoms with Crippen LogP contribution < -0.4 is 10.6 Å². The van der Waals surface area contributed by atoms with Gasteiger partial charge in [-0.25, -0.2) is 9.59 Å². The second-order valence-corrected chi connectivity index (χ2v) is 6.39. The summed E-state index contributed by atoms with van der Waals surface area (Å²) in [5, 5.41) is 16.3. The number of carbonyl (C=O) groups is 3. The van der Waals surface area contributed by atoms with E-state index in [1.54, 1.807) is 24.3 Å². The van der Waals surface area contributed by atoms with Gasteiger partial charge >= 0.3 is 12.0 Å². The summed E-state index contributed by atoms with van der Waals surface area (Å²) >= 11 is 0. The number of phenols is 1. The third-order valence-corrected chi connectivity index (χ3v) is 4.31. The molecule has 0 unspecified atom stereocenters. The van der Waals surface area contributed by atoms with Crippen molar-refractivity contribution in [2.75, 3.05) is 0 Å². The number of urea groups is 1. The van der Waals surface area contributed by atoms with E-state index < -0.39 is 24.0 Å². The zero-order valence-electron chi connectivity index (χ0n) is 15.7. The first-order valence-electron chi connectivity index (χ1n) is 9.00. The van der Waals surface area contributed by atoms with Crippen molar-refractivity contribution in [3.63, 3.8) is 0 Å². The maximum absolute atomic E-state index is 12.4. The van der Waals surface area contributed by atoms with E-state index in [4.69, 9.17) is 4.74 Å². The topological polar surface area (TPSA) is 105 Å². The first kappa shape index (κ1) is 19.9. The van der Waals surface area contributed by atoms with Crippen molar-refractivity contribution in [2.24, 2.45) is 0 Å². The molecule has 0 aromatic heterocycles. The van der Waals surface area contributed by atoms with Crippen LogP contribution in [0.3, 0.4) is 0 Å². The molecule has 7 heteroatoms. The van der Waals surface area contributed by atoms with E-state index in [1.807, 2.05) is 36.4 Å². The largest absolute Gasteiger partial charge is 0.506 e. The fraction of sp³-hybridized carbons (Fsp3) is 0.136. The minimum atomic E-state index is -1.23. The van der Waals surface area contributed by atoms with E-state index >= 15 is 0 Å².